The Balaban J connectivity index is 0.0000104. The molecule has 0 radical (unpaired) electrons. The lowest BCUT2D eigenvalue weighted by Crippen LogP contribution is -3.00. The Kier molecular flexibility index (Phi) is 22.7. The lowest BCUT2D eigenvalue weighted by molar-refractivity contribution is -0.934. The molecule has 0 amide bonds. The first kappa shape index (κ1) is 62.7. The molecule has 0 spiro atoms. The average molecular weight is 1160 g/mol. The number of rotatable bonds is 16. The van der Waals surface area contributed by atoms with Gasteiger partial charge >= 0.3 is 5.97 Å². The van der Waals surface area contributed by atoms with Crippen LogP contribution in [0.4, 0.5) is 0 Å². The second-order valence-corrected chi connectivity index (χ2v) is 22.7. The number of likely N-dealkylation sites (N-methyl/N-ethyl adjacent to an activating group) is 1. The van der Waals surface area contributed by atoms with E-state index in [9.17, 15) is 20.1 Å². The molecule has 15 nitrogen and oxygen atoms in total. The first-order valence-corrected chi connectivity index (χ1v) is 26.7. The van der Waals surface area contributed by atoms with Gasteiger partial charge in [0.05, 0.1) is 74.1 Å². The quantitative estimate of drug-likeness (QED) is 0.0723. The maximum absolute atomic E-state index is 14.9. The molecule has 0 aliphatic carbocycles. The molecule has 0 saturated carbocycles. The monoisotopic (exact) mass is 1160 g/mol. The van der Waals surface area contributed by atoms with Gasteiger partial charge in [-0.25, -0.2) is 0 Å². The number of nitrogens with zero attached hydrogens (tertiary/aromatic N) is 2. The summed E-state index contributed by atoms with van der Waals surface area (Å²) < 4.78 is 54.7. The van der Waals surface area contributed by atoms with Crippen molar-refractivity contribution < 1.29 is 91.3 Å². The highest BCUT2D eigenvalue weighted by atomic mass is 127. The Morgan fingerprint density at radius 1 is 0.720 bits per heavy atom. The van der Waals surface area contributed by atoms with E-state index in [-0.39, 0.29) is 62.0 Å². The molecular formula is C59H89IN2O13. The highest BCUT2D eigenvalue weighted by Gasteiger charge is 2.55. The van der Waals surface area contributed by atoms with E-state index >= 15 is 0 Å². The molecule has 3 aromatic carbocycles. The van der Waals surface area contributed by atoms with E-state index in [0.717, 1.165) is 17.7 Å². The molecule has 3 aliphatic rings. The van der Waals surface area contributed by atoms with E-state index in [1.807, 2.05) is 94.4 Å². The van der Waals surface area contributed by atoms with Crippen LogP contribution < -0.4 is 24.0 Å². The zero-order valence-corrected chi connectivity index (χ0v) is 49.1. The number of hydrogen-bond acceptors (Lipinski definition) is 14. The Hall–Kier alpha value is -3.11. The summed E-state index contributed by atoms with van der Waals surface area (Å²) in [5, 5.41) is 40.6. The molecule has 3 aromatic rings. The summed E-state index contributed by atoms with van der Waals surface area (Å²) in [4.78, 5) is 21.0. The number of oxime groups is 1. The van der Waals surface area contributed by atoms with E-state index in [2.05, 4.69) is 45.3 Å². The number of methoxy groups -OCH3 is 2. The summed E-state index contributed by atoms with van der Waals surface area (Å²) in [6.07, 6.45) is -7.69. The summed E-state index contributed by atoms with van der Waals surface area (Å²) in [7, 11) is 7.63. The number of ether oxygens (including phenoxy) is 8. The molecule has 3 saturated heterocycles. The minimum Gasteiger partial charge on any atom is -1.00 e. The van der Waals surface area contributed by atoms with Crippen molar-refractivity contribution >= 4 is 11.7 Å². The standard InChI is InChI=1S/C59H89N2O13.HI/c1-15-47-59(10,65)52(62)39(4)49(60-69-36-45-29-23-18-24-30-45)37(2)32-58(9,67-14)54(40(5)50(41(6)55(64)72-47)73-48-33-57(8,66-13)53(63)42(7)71-48)74-56-51(68-35-44-27-21-17-22-28-44)46(31-38(3)70-56)61(11,12)34-43-25-19-16-20-26-43;/h16-30,37-42,46-48,50-54,56,62-63,65H,15,31-36H2,1-14H3;1H/q+1;/p-1/b60-49+;/t37-,38-,39+,40+,41-,42+,46+,47-,48+,50+,51-,52-,53+,54-,56+,57-,58-,59-;/m1./s1. The Morgan fingerprint density at radius 3 is 1.84 bits per heavy atom. The minimum absolute atomic E-state index is 0. The lowest BCUT2D eigenvalue weighted by Gasteiger charge is -2.51. The van der Waals surface area contributed by atoms with Crippen LogP contribution in [0.15, 0.2) is 96.2 Å². The molecule has 420 valence electrons. The Labute approximate surface area is 464 Å². The number of carbonyl (C=O) groups is 1. The number of quaternary nitrogens is 1. The van der Waals surface area contributed by atoms with Gasteiger partial charge in [0.1, 0.15) is 37.0 Å². The summed E-state index contributed by atoms with van der Waals surface area (Å²) in [6, 6.07) is 30.0. The second kappa shape index (κ2) is 27.2. The van der Waals surface area contributed by atoms with E-state index < -0.39 is 102 Å². The Bertz CT molecular complexity index is 2230. The van der Waals surface area contributed by atoms with Crippen LogP contribution in [0.25, 0.3) is 0 Å². The van der Waals surface area contributed by atoms with E-state index in [1.54, 1.807) is 41.9 Å². The SMILES string of the molecule is CC[C@H]1OC(=O)[C@H](C)[C@@H](O[C@H]2C[C@@](C)(OC)[C@@H](O)[C@H](C)O2)[C@H](C)[C@@H](O[C@@H]2O[C@H](C)C[C@H]([N+](C)(C)Cc3ccccc3)[C@H]2OCc2ccccc2)[C@](C)(OC)C[C@@H](C)/C(=N\OCc2ccccc2)[C@H](C)[C@@H](O)[C@]1(C)O.[I-]. The third kappa shape index (κ3) is 15.2. The molecule has 3 heterocycles. The van der Waals surface area contributed by atoms with Crippen molar-refractivity contribution in [3.8, 4) is 0 Å². The van der Waals surface area contributed by atoms with Crippen LogP contribution in [0.2, 0.25) is 0 Å². The molecule has 3 fully saturated rings. The third-order valence-electron chi connectivity index (χ3n) is 16.5. The van der Waals surface area contributed by atoms with Crippen LogP contribution in [0, 0.1) is 23.7 Å². The van der Waals surface area contributed by atoms with Gasteiger partial charge in [-0.3, -0.25) is 4.79 Å². The van der Waals surface area contributed by atoms with Crippen molar-refractivity contribution in [1.29, 1.82) is 0 Å². The minimum atomic E-state index is -1.93. The molecule has 16 heteroatoms. The molecule has 0 aromatic heterocycles. The number of carbonyl (C=O) groups excluding carboxylic acids is 1. The lowest BCUT2D eigenvalue weighted by atomic mass is 9.73. The van der Waals surface area contributed by atoms with Crippen LogP contribution >= 0.6 is 0 Å². The second-order valence-electron chi connectivity index (χ2n) is 22.7. The zero-order chi connectivity index (χ0) is 54.2. The topological polar surface area (TPSA) is 173 Å². The number of benzene rings is 3. The van der Waals surface area contributed by atoms with Gasteiger partial charge in [-0.2, -0.15) is 0 Å². The third-order valence-corrected chi connectivity index (χ3v) is 16.5. The van der Waals surface area contributed by atoms with Gasteiger partial charge in [0.2, 0.25) is 0 Å². The number of cyclic esters (lactones) is 1. The van der Waals surface area contributed by atoms with Crippen molar-refractivity contribution in [1.82, 2.24) is 0 Å². The van der Waals surface area contributed by atoms with E-state index in [1.165, 1.54) is 12.5 Å². The van der Waals surface area contributed by atoms with Crippen LogP contribution in [0.5, 0.6) is 0 Å². The largest absolute Gasteiger partial charge is 1.00 e. The first-order valence-electron chi connectivity index (χ1n) is 26.7. The maximum atomic E-state index is 14.9. The van der Waals surface area contributed by atoms with Gasteiger partial charge in [-0.05, 0) is 65.5 Å². The number of aliphatic hydroxyl groups is 3. The number of esters is 1. The molecule has 6 rings (SSSR count). The summed E-state index contributed by atoms with van der Waals surface area (Å²) in [5.41, 5.74) is -0.645. The summed E-state index contributed by atoms with van der Waals surface area (Å²) in [6.45, 7) is 19.6. The molecule has 3 N–H and O–H groups in total. The molecule has 0 bridgehead atoms. The highest BCUT2D eigenvalue weighted by Crippen LogP contribution is 2.43. The first-order chi connectivity index (χ1) is 35.0. The molecular weight excluding hydrogens is 1070 g/mol. The fourth-order valence-electron chi connectivity index (χ4n) is 11.8. The van der Waals surface area contributed by atoms with Crippen molar-refractivity contribution in [2.45, 2.75) is 199 Å². The normalized spacial score (nSPS) is 38.0. The average Bonchev–Trinajstić information content (AvgIpc) is 3.38. The van der Waals surface area contributed by atoms with Gasteiger partial charge in [-0.15, -0.1) is 0 Å². The fraction of sp³-hybridized carbons (Fsp3) is 0.661. The number of aliphatic hydroxyl groups excluding tert-OH is 2. The van der Waals surface area contributed by atoms with Crippen LogP contribution in [0.1, 0.15) is 112 Å². The van der Waals surface area contributed by atoms with Crippen LogP contribution in [0.3, 0.4) is 0 Å². The van der Waals surface area contributed by atoms with Crippen molar-refractivity contribution in [3.05, 3.63) is 108 Å². The molecule has 18 atom stereocenters. The Morgan fingerprint density at radius 2 is 1.28 bits per heavy atom. The van der Waals surface area contributed by atoms with Gasteiger partial charge in [0, 0.05) is 50.4 Å². The molecule has 3 aliphatic heterocycles. The molecule has 75 heavy (non-hydrogen) atoms. The van der Waals surface area contributed by atoms with Crippen molar-refractivity contribution in [2.75, 3.05) is 28.3 Å². The van der Waals surface area contributed by atoms with Gasteiger partial charge in [0.15, 0.2) is 18.7 Å². The van der Waals surface area contributed by atoms with E-state index in [4.69, 9.17) is 47.9 Å². The van der Waals surface area contributed by atoms with Gasteiger partial charge in [-0.1, -0.05) is 124 Å². The maximum Gasteiger partial charge on any atom is 0.311 e. The van der Waals surface area contributed by atoms with Crippen molar-refractivity contribution in [2.24, 2.45) is 28.8 Å². The number of halogens is 1. The van der Waals surface area contributed by atoms with Crippen molar-refractivity contribution in [3.63, 3.8) is 0 Å². The predicted octanol–water partition coefficient (Wildman–Crippen LogP) is 5.39. The predicted molar refractivity (Wildman–Crippen MR) is 282 cm³/mol. The summed E-state index contributed by atoms with van der Waals surface area (Å²) in [5.74, 6) is -3.63. The smallest absolute Gasteiger partial charge is 0.311 e. The van der Waals surface area contributed by atoms with Gasteiger partial charge in [0.25, 0.3) is 0 Å². The zero-order valence-electron chi connectivity index (χ0n) is 47.0. The van der Waals surface area contributed by atoms with E-state index in [0.29, 0.717) is 23.2 Å². The summed E-state index contributed by atoms with van der Waals surface area (Å²) >= 11 is 0. The van der Waals surface area contributed by atoms with Crippen LogP contribution in [-0.2, 0) is 67.3 Å². The number of hydrogen-bond donors (Lipinski definition) is 3. The molecule has 0 unspecified atom stereocenters. The van der Waals surface area contributed by atoms with Crippen LogP contribution in [-0.4, -0.2) is 144 Å². The fourth-order valence-corrected chi connectivity index (χ4v) is 11.8. The highest BCUT2D eigenvalue weighted by molar-refractivity contribution is 5.88. The van der Waals surface area contributed by atoms with Gasteiger partial charge < -0.3 is 86.5 Å².